The van der Waals surface area contributed by atoms with E-state index >= 15 is 0 Å². The topological polar surface area (TPSA) is 23.6 Å². The summed E-state index contributed by atoms with van der Waals surface area (Å²) in [6.07, 6.45) is 0. The van der Waals surface area contributed by atoms with Gasteiger partial charge < -0.3 is 0 Å². The van der Waals surface area contributed by atoms with Gasteiger partial charge in [0.05, 0.1) is 5.69 Å². The fraction of sp³-hybridized carbons (Fsp3) is 0.133. The summed E-state index contributed by atoms with van der Waals surface area (Å²) in [4.78, 5) is 14.8. The van der Waals surface area contributed by atoms with Crippen LogP contribution in [-0.2, 0) is 0 Å². The minimum atomic E-state index is -0.776. The molecule has 0 spiro atoms. The van der Waals surface area contributed by atoms with Crippen molar-refractivity contribution in [2.75, 3.05) is 23.9 Å². The second kappa shape index (κ2) is 5.69. The molecule has 0 fully saturated rings. The number of amides is 2. The molecular formula is C15H14F2N2O. The van der Waals surface area contributed by atoms with Crippen molar-refractivity contribution in [3.05, 3.63) is 60.2 Å². The van der Waals surface area contributed by atoms with Crippen molar-refractivity contribution < 1.29 is 13.6 Å². The lowest BCUT2D eigenvalue weighted by Gasteiger charge is -2.25. The number of hydrogen-bond acceptors (Lipinski definition) is 1. The van der Waals surface area contributed by atoms with Gasteiger partial charge in [-0.05, 0) is 24.3 Å². The van der Waals surface area contributed by atoms with Crippen molar-refractivity contribution >= 4 is 17.4 Å². The standard InChI is InChI=1S/C15H14F2N2O/c1-18(12-6-4-3-5-7-12)15(20)19(2)14-9-8-11(16)10-13(14)17/h3-10H,1-2H3. The molecule has 2 rings (SSSR count). The SMILES string of the molecule is CN(C(=O)N(C)c1ccc(F)cc1F)c1ccccc1. The van der Waals surface area contributed by atoms with E-state index in [-0.39, 0.29) is 5.69 Å². The smallest absolute Gasteiger partial charge is 0.297 e. The van der Waals surface area contributed by atoms with Gasteiger partial charge in [-0.15, -0.1) is 0 Å². The van der Waals surface area contributed by atoms with Crippen LogP contribution in [0.1, 0.15) is 0 Å². The van der Waals surface area contributed by atoms with Crippen LogP contribution >= 0.6 is 0 Å². The summed E-state index contributed by atoms with van der Waals surface area (Å²) in [6, 6.07) is 11.7. The Labute approximate surface area is 116 Å². The number of nitrogens with zero attached hydrogens (tertiary/aromatic N) is 2. The van der Waals surface area contributed by atoms with E-state index in [1.54, 1.807) is 31.3 Å². The molecule has 104 valence electrons. The van der Waals surface area contributed by atoms with Crippen LogP contribution in [0.25, 0.3) is 0 Å². The molecule has 2 aromatic rings. The van der Waals surface area contributed by atoms with E-state index in [9.17, 15) is 13.6 Å². The van der Waals surface area contributed by atoms with Crippen molar-refractivity contribution in [2.45, 2.75) is 0 Å². The number of para-hydroxylation sites is 1. The number of carbonyl (C=O) groups excluding carboxylic acids is 1. The molecule has 0 saturated heterocycles. The maximum absolute atomic E-state index is 13.7. The Morgan fingerprint density at radius 3 is 2.20 bits per heavy atom. The third-order valence-electron chi connectivity index (χ3n) is 2.99. The van der Waals surface area contributed by atoms with Crippen LogP contribution in [0.3, 0.4) is 0 Å². The van der Waals surface area contributed by atoms with Gasteiger partial charge in [0, 0.05) is 25.8 Å². The molecule has 0 saturated carbocycles. The fourth-order valence-electron chi connectivity index (χ4n) is 1.84. The molecule has 20 heavy (non-hydrogen) atoms. The van der Waals surface area contributed by atoms with Crippen LogP contribution in [0.4, 0.5) is 25.0 Å². The number of carbonyl (C=O) groups is 1. The normalized spacial score (nSPS) is 10.2. The van der Waals surface area contributed by atoms with Gasteiger partial charge in [0.1, 0.15) is 11.6 Å². The molecule has 0 aromatic heterocycles. The van der Waals surface area contributed by atoms with Crippen LogP contribution in [0, 0.1) is 11.6 Å². The number of halogens is 2. The van der Waals surface area contributed by atoms with Gasteiger partial charge in [-0.3, -0.25) is 9.80 Å². The van der Waals surface area contributed by atoms with Gasteiger partial charge in [0.2, 0.25) is 0 Å². The highest BCUT2D eigenvalue weighted by Gasteiger charge is 2.19. The summed E-state index contributed by atoms with van der Waals surface area (Å²) in [5.41, 5.74) is 0.714. The molecule has 5 heteroatoms. The van der Waals surface area contributed by atoms with Gasteiger partial charge in [-0.2, -0.15) is 0 Å². The first-order valence-electron chi connectivity index (χ1n) is 6.02. The first-order valence-corrected chi connectivity index (χ1v) is 6.02. The second-order valence-corrected chi connectivity index (χ2v) is 4.33. The predicted octanol–water partition coefficient (Wildman–Crippen LogP) is 3.66. The predicted molar refractivity (Wildman–Crippen MR) is 75.0 cm³/mol. The number of hydrogen-bond donors (Lipinski definition) is 0. The molecule has 2 amide bonds. The third kappa shape index (κ3) is 2.77. The van der Waals surface area contributed by atoms with Crippen molar-refractivity contribution in [3.8, 4) is 0 Å². The minimum absolute atomic E-state index is 0.0270. The molecule has 0 atom stereocenters. The molecule has 0 radical (unpaired) electrons. The minimum Gasteiger partial charge on any atom is -0.297 e. The maximum Gasteiger partial charge on any atom is 0.328 e. The van der Waals surface area contributed by atoms with E-state index in [0.29, 0.717) is 5.69 Å². The van der Waals surface area contributed by atoms with Crippen molar-refractivity contribution in [1.82, 2.24) is 0 Å². The molecule has 0 aliphatic rings. The highest BCUT2D eigenvalue weighted by Crippen LogP contribution is 2.21. The van der Waals surface area contributed by atoms with E-state index in [1.165, 1.54) is 18.0 Å². The zero-order valence-corrected chi connectivity index (χ0v) is 11.2. The van der Waals surface area contributed by atoms with Crippen LogP contribution in [0.2, 0.25) is 0 Å². The van der Waals surface area contributed by atoms with Crippen LogP contribution in [0.15, 0.2) is 48.5 Å². The number of rotatable bonds is 2. The van der Waals surface area contributed by atoms with E-state index in [4.69, 9.17) is 0 Å². The average molecular weight is 276 g/mol. The zero-order chi connectivity index (χ0) is 14.7. The summed E-state index contributed by atoms with van der Waals surface area (Å²) in [7, 11) is 3.04. The molecule has 0 unspecified atom stereocenters. The van der Waals surface area contributed by atoms with Gasteiger partial charge in [0.25, 0.3) is 0 Å². The van der Waals surface area contributed by atoms with Crippen molar-refractivity contribution in [1.29, 1.82) is 0 Å². The van der Waals surface area contributed by atoms with E-state index in [1.807, 2.05) is 6.07 Å². The van der Waals surface area contributed by atoms with Gasteiger partial charge in [-0.1, -0.05) is 18.2 Å². The molecule has 0 aliphatic carbocycles. The monoisotopic (exact) mass is 276 g/mol. The van der Waals surface area contributed by atoms with E-state index in [2.05, 4.69) is 0 Å². The molecule has 0 aliphatic heterocycles. The Morgan fingerprint density at radius 2 is 1.60 bits per heavy atom. The highest BCUT2D eigenvalue weighted by atomic mass is 19.1. The molecule has 0 N–H and O–H groups in total. The molecule has 0 bridgehead atoms. The Hall–Kier alpha value is -2.43. The first kappa shape index (κ1) is 14.0. The summed E-state index contributed by atoms with van der Waals surface area (Å²) < 4.78 is 26.6. The molecule has 2 aromatic carbocycles. The fourth-order valence-corrected chi connectivity index (χ4v) is 1.84. The Bertz CT molecular complexity index is 617. The van der Waals surface area contributed by atoms with Crippen LogP contribution in [0.5, 0.6) is 0 Å². The summed E-state index contributed by atoms with van der Waals surface area (Å²) in [6.45, 7) is 0. The quantitative estimate of drug-likeness (QED) is 0.821. The van der Waals surface area contributed by atoms with Crippen LogP contribution < -0.4 is 9.80 Å². The Kier molecular flexibility index (Phi) is 3.98. The first-order chi connectivity index (χ1) is 9.50. The van der Waals surface area contributed by atoms with Gasteiger partial charge >= 0.3 is 6.03 Å². The summed E-state index contributed by atoms with van der Waals surface area (Å²) in [5, 5.41) is 0. The number of benzene rings is 2. The number of urea groups is 1. The van der Waals surface area contributed by atoms with Gasteiger partial charge in [-0.25, -0.2) is 13.6 Å². The Morgan fingerprint density at radius 1 is 0.950 bits per heavy atom. The van der Waals surface area contributed by atoms with Crippen molar-refractivity contribution in [2.24, 2.45) is 0 Å². The van der Waals surface area contributed by atoms with Crippen molar-refractivity contribution in [3.63, 3.8) is 0 Å². The van der Waals surface area contributed by atoms with Gasteiger partial charge in [0.15, 0.2) is 0 Å². The maximum atomic E-state index is 13.7. The lowest BCUT2D eigenvalue weighted by atomic mass is 10.2. The average Bonchev–Trinajstić information content (AvgIpc) is 2.46. The molecular weight excluding hydrogens is 262 g/mol. The lowest BCUT2D eigenvalue weighted by Crippen LogP contribution is -2.39. The van der Waals surface area contributed by atoms with E-state index < -0.39 is 17.7 Å². The lowest BCUT2D eigenvalue weighted by molar-refractivity contribution is 0.253. The third-order valence-corrected chi connectivity index (χ3v) is 2.99. The zero-order valence-electron chi connectivity index (χ0n) is 11.2. The second-order valence-electron chi connectivity index (χ2n) is 4.33. The highest BCUT2D eigenvalue weighted by molar-refractivity contribution is 6.02. The summed E-state index contributed by atoms with van der Waals surface area (Å²) >= 11 is 0. The Balaban J connectivity index is 2.24. The summed E-state index contributed by atoms with van der Waals surface area (Å²) in [5.74, 6) is -1.45. The van der Waals surface area contributed by atoms with E-state index in [0.717, 1.165) is 17.0 Å². The van der Waals surface area contributed by atoms with Crippen LogP contribution in [-0.4, -0.2) is 20.1 Å². The molecule has 0 heterocycles. The molecule has 3 nitrogen and oxygen atoms in total. The largest absolute Gasteiger partial charge is 0.328 e. The number of anilines is 2.